The van der Waals surface area contributed by atoms with Gasteiger partial charge in [-0.15, -0.1) is 0 Å². The van der Waals surface area contributed by atoms with Crippen LogP contribution in [-0.2, 0) is 6.42 Å². The normalized spacial score (nSPS) is 23.8. The molecule has 2 atom stereocenters. The first-order chi connectivity index (χ1) is 8.19. The smallest absolute Gasteiger partial charge is 0.0628 e. The summed E-state index contributed by atoms with van der Waals surface area (Å²) in [6.07, 6.45) is 3.74. The summed E-state index contributed by atoms with van der Waals surface area (Å²) in [6, 6.07) is 0.632. The maximum absolute atomic E-state index is 4.75. The molecule has 0 saturated heterocycles. The summed E-state index contributed by atoms with van der Waals surface area (Å²) in [5.41, 5.74) is 4.05. The topological polar surface area (TPSA) is 29.9 Å². The quantitative estimate of drug-likeness (QED) is 0.850. The first-order valence-electron chi connectivity index (χ1n) is 6.94. The Labute approximate surface area is 105 Å². The summed E-state index contributed by atoms with van der Waals surface area (Å²) in [6.45, 7) is 11.0. The van der Waals surface area contributed by atoms with E-state index in [4.69, 9.17) is 5.10 Å². The molecule has 0 aromatic carbocycles. The summed E-state index contributed by atoms with van der Waals surface area (Å²) in [4.78, 5) is 0. The molecule has 2 rings (SSSR count). The summed E-state index contributed by atoms with van der Waals surface area (Å²) in [5.74, 6) is 0.776. The first kappa shape index (κ1) is 12.6. The predicted octanol–water partition coefficient (Wildman–Crippen LogP) is 2.62. The van der Waals surface area contributed by atoms with E-state index >= 15 is 0 Å². The van der Waals surface area contributed by atoms with Crippen LogP contribution < -0.4 is 5.32 Å². The molecular formula is C14H25N3. The van der Waals surface area contributed by atoms with E-state index in [9.17, 15) is 0 Å². The lowest BCUT2D eigenvalue weighted by molar-refractivity contribution is 0.161. The Kier molecular flexibility index (Phi) is 3.87. The highest BCUT2D eigenvalue weighted by Gasteiger charge is 2.33. The van der Waals surface area contributed by atoms with Gasteiger partial charge < -0.3 is 5.32 Å². The molecule has 1 N–H and O–H groups in total. The maximum atomic E-state index is 4.75. The van der Waals surface area contributed by atoms with Crippen LogP contribution in [0.5, 0.6) is 0 Å². The molecule has 17 heavy (non-hydrogen) atoms. The van der Waals surface area contributed by atoms with Gasteiger partial charge >= 0.3 is 0 Å². The highest BCUT2D eigenvalue weighted by atomic mass is 15.3. The molecule has 0 spiro atoms. The molecule has 1 aliphatic rings. The lowest BCUT2D eigenvalue weighted by atomic mass is 9.79. The molecule has 3 heteroatoms. The van der Waals surface area contributed by atoms with Gasteiger partial charge in [0.05, 0.1) is 11.7 Å². The molecule has 0 radical (unpaired) electrons. The van der Waals surface area contributed by atoms with E-state index in [2.05, 4.69) is 37.7 Å². The van der Waals surface area contributed by atoms with Crippen molar-refractivity contribution in [1.29, 1.82) is 0 Å². The number of nitrogens with one attached hydrogen (secondary N) is 1. The van der Waals surface area contributed by atoms with Gasteiger partial charge in [-0.2, -0.15) is 5.10 Å². The minimum Gasteiger partial charge on any atom is -0.317 e. The average Bonchev–Trinajstić information content (AvgIpc) is 2.53. The van der Waals surface area contributed by atoms with Gasteiger partial charge in [0.2, 0.25) is 0 Å². The Bertz CT molecular complexity index is 381. The van der Waals surface area contributed by atoms with Crippen LogP contribution in [0.1, 0.15) is 49.7 Å². The molecule has 1 fully saturated rings. The van der Waals surface area contributed by atoms with E-state index in [0.29, 0.717) is 6.04 Å². The van der Waals surface area contributed by atoms with Crippen molar-refractivity contribution in [2.75, 3.05) is 13.1 Å². The van der Waals surface area contributed by atoms with Crippen molar-refractivity contribution in [2.24, 2.45) is 5.92 Å². The van der Waals surface area contributed by atoms with Crippen LogP contribution >= 0.6 is 0 Å². The molecule has 1 saturated carbocycles. The predicted molar refractivity (Wildman–Crippen MR) is 71.4 cm³/mol. The molecule has 96 valence electrons. The molecule has 1 aromatic heterocycles. The number of hydrogen-bond acceptors (Lipinski definition) is 2. The van der Waals surface area contributed by atoms with Crippen LogP contribution in [0.3, 0.4) is 0 Å². The number of hydrogen-bond donors (Lipinski definition) is 1. The third kappa shape index (κ3) is 2.25. The van der Waals surface area contributed by atoms with Crippen LogP contribution in [0.15, 0.2) is 0 Å². The second kappa shape index (κ2) is 5.21. The molecule has 0 amide bonds. The van der Waals surface area contributed by atoms with Gasteiger partial charge in [0.25, 0.3) is 0 Å². The fourth-order valence-electron chi connectivity index (χ4n) is 2.97. The summed E-state index contributed by atoms with van der Waals surface area (Å²) in [5, 5.41) is 8.21. The fourth-order valence-corrected chi connectivity index (χ4v) is 2.97. The van der Waals surface area contributed by atoms with Crippen LogP contribution in [0.2, 0.25) is 0 Å². The monoisotopic (exact) mass is 235 g/mol. The van der Waals surface area contributed by atoms with Gasteiger partial charge in [-0.05, 0) is 57.7 Å². The van der Waals surface area contributed by atoms with Crippen molar-refractivity contribution >= 4 is 0 Å². The van der Waals surface area contributed by atoms with Crippen molar-refractivity contribution in [1.82, 2.24) is 15.1 Å². The zero-order valence-electron chi connectivity index (χ0n) is 11.6. The minimum atomic E-state index is 0.632. The van der Waals surface area contributed by atoms with Gasteiger partial charge in [-0.1, -0.05) is 13.8 Å². The lowest BCUT2D eigenvalue weighted by Crippen LogP contribution is -2.37. The van der Waals surface area contributed by atoms with Crippen LogP contribution in [-0.4, -0.2) is 22.9 Å². The zero-order valence-corrected chi connectivity index (χ0v) is 11.6. The Hall–Kier alpha value is -0.830. The van der Waals surface area contributed by atoms with Gasteiger partial charge in [0.1, 0.15) is 0 Å². The first-order valence-corrected chi connectivity index (χ1v) is 6.94. The molecule has 1 aliphatic carbocycles. The molecular weight excluding hydrogens is 210 g/mol. The second-order valence-electron chi connectivity index (χ2n) is 5.16. The molecule has 2 unspecified atom stereocenters. The van der Waals surface area contributed by atoms with Gasteiger partial charge in [0.15, 0.2) is 0 Å². The maximum Gasteiger partial charge on any atom is 0.0628 e. The van der Waals surface area contributed by atoms with Crippen molar-refractivity contribution in [3.8, 4) is 0 Å². The van der Waals surface area contributed by atoms with E-state index < -0.39 is 0 Å². The molecule has 1 heterocycles. The highest BCUT2D eigenvalue weighted by molar-refractivity contribution is 5.25. The number of aryl methyl sites for hydroxylation is 1. The van der Waals surface area contributed by atoms with E-state index in [0.717, 1.165) is 25.4 Å². The SMILES string of the molecule is CCNCC1CCC1n1nc(C)c(CC)c1C. The Morgan fingerprint density at radius 1 is 1.29 bits per heavy atom. The standard InChI is InChI=1S/C14H25N3/c1-5-13-10(3)16-17(11(13)4)14-8-7-12(14)9-15-6-2/h12,14-15H,5-9H2,1-4H3. The Morgan fingerprint density at radius 2 is 2.06 bits per heavy atom. The van der Waals surface area contributed by atoms with Gasteiger partial charge in [-0.3, -0.25) is 4.68 Å². The van der Waals surface area contributed by atoms with Crippen LogP contribution in [0, 0.1) is 19.8 Å². The summed E-state index contributed by atoms with van der Waals surface area (Å²) >= 11 is 0. The van der Waals surface area contributed by atoms with E-state index in [1.54, 1.807) is 0 Å². The van der Waals surface area contributed by atoms with E-state index in [1.807, 2.05) is 0 Å². The molecule has 3 nitrogen and oxygen atoms in total. The van der Waals surface area contributed by atoms with E-state index in [1.165, 1.54) is 29.8 Å². The van der Waals surface area contributed by atoms with Crippen molar-refractivity contribution in [3.05, 3.63) is 17.0 Å². The van der Waals surface area contributed by atoms with Crippen molar-refractivity contribution in [3.63, 3.8) is 0 Å². The molecule has 0 bridgehead atoms. The average molecular weight is 235 g/mol. The molecule has 0 aliphatic heterocycles. The number of aromatic nitrogens is 2. The lowest BCUT2D eigenvalue weighted by Gasteiger charge is -2.37. The van der Waals surface area contributed by atoms with E-state index in [-0.39, 0.29) is 0 Å². The summed E-state index contributed by atoms with van der Waals surface area (Å²) in [7, 11) is 0. The Balaban J connectivity index is 2.12. The number of rotatable bonds is 5. The third-order valence-corrected chi connectivity index (χ3v) is 4.18. The van der Waals surface area contributed by atoms with Crippen LogP contribution in [0.25, 0.3) is 0 Å². The second-order valence-corrected chi connectivity index (χ2v) is 5.16. The Morgan fingerprint density at radius 3 is 2.53 bits per heavy atom. The van der Waals surface area contributed by atoms with Gasteiger partial charge in [-0.25, -0.2) is 0 Å². The number of nitrogens with zero attached hydrogens (tertiary/aromatic N) is 2. The molecule has 1 aromatic rings. The van der Waals surface area contributed by atoms with Crippen LogP contribution in [0.4, 0.5) is 0 Å². The van der Waals surface area contributed by atoms with Crippen molar-refractivity contribution in [2.45, 2.75) is 53.0 Å². The highest BCUT2D eigenvalue weighted by Crippen LogP contribution is 2.39. The summed E-state index contributed by atoms with van der Waals surface area (Å²) < 4.78 is 2.29. The zero-order chi connectivity index (χ0) is 12.4. The third-order valence-electron chi connectivity index (χ3n) is 4.18. The fraction of sp³-hybridized carbons (Fsp3) is 0.786. The largest absolute Gasteiger partial charge is 0.317 e. The minimum absolute atomic E-state index is 0.632. The van der Waals surface area contributed by atoms with Crippen molar-refractivity contribution < 1.29 is 0 Å². The van der Waals surface area contributed by atoms with Gasteiger partial charge in [0, 0.05) is 5.69 Å².